The van der Waals surface area contributed by atoms with Crippen molar-refractivity contribution in [2.75, 3.05) is 13.1 Å². The van der Waals surface area contributed by atoms with Crippen LogP contribution in [0.4, 0.5) is 0 Å². The van der Waals surface area contributed by atoms with Crippen LogP contribution < -0.4 is 5.32 Å². The number of hydrogen-bond acceptors (Lipinski definition) is 3. The Morgan fingerprint density at radius 2 is 1.86 bits per heavy atom. The molecular weight excluding hydrogens is 370 g/mol. The van der Waals surface area contributed by atoms with Gasteiger partial charge in [0, 0.05) is 32.6 Å². The van der Waals surface area contributed by atoms with Gasteiger partial charge in [0.15, 0.2) is 0 Å². The number of fused-ring (bicyclic) bond motifs is 1. The van der Waals surface area contributed by atoms with E-state index in [1.54, 1.807) is 11.3 Å². The predicted molar refractivity (Wildman–Crippen MR) is 112 cm³/mol. The number of carbonyl (C=O) groups is 2. The largest absolute Gasteiger partial charge is 0.352 e. The number of rotatable bonds is 4. The van der Waals surface area contributed by atoms with Crippen LogP contribution in [-0.2, 0) is 18.4 Å². The highest BCUT2D eigenvalue weighted by Crippen LogP contribution is 2.26. The van der Waals surface area contributed by atoms with Crippen molar-refractivity contribution in [2.45, 2.75) is 26.3 Å². The second-order valence-corrected chi connectivity index (χ2v) is 8.48. The fourth-order valence-electron chi connectivity index (χ4n) is 3.80. The maximum atomic E-state index is 12.9. The first-order chi connectivity index (χ1) is 13.5. The minimum Gasteiger partial charge on any atom is -0.352 e. The van der Waals surface area contributed by atoms with Gasteiger partial charge in [0.2, 0.25) is 5.91 Å². The molecule has 0 spiro atoms. The Bertz CT molecular complexity index is 995. The van der Waals surface area contributed by atoms with Gasteiger partial charge in [-0.25, -0.2) is 0 Å². The molecule has 1 aliphatic heterocycles. The summed E-state index contributed by atoms with van der Waals surface area (Å²) in [6.45, 7) is 3.86. The van der Waals surface area contributed by atoms with Gasteiger partial charge in [-0.15, -0.1) is 11.3 Å². The van der Waals surface area contributed by atoms with Gasteiger partial charge in [-0.1, -0.05) is 29.8 Å². The summed E-state index contributed by atoms with van der Waals surface area (Å²) in [6, 6.07) is 12.2. The molecule has 28 heavy (non-hydrogen) atoms. The maximum Gasteiger partial charge on any atom is 0.270 e. The lowest BCUT2D eigenvalue weighted by atomic mass is 9.95. The fourth-order valence-corrected chi connectivity index (χ4v) is 4.65. The van der Waals surface area contributed by atoms with Crippen molar-refractivity contribution in [1.82, 2.24) is 14.8 Å². The zero-order chi connectivity index (χ0) is 19.7. The van der Waals surface area contributed by atoms with E-state index in [0.29, 0.717) is 32.5 Å². The highest BCUT2D eigenvalue weighted by atomic mass is 32.1. The van der Waals surface area contributed by atoms with Crippen molar-refractivity contribution in [2.24, 2.45) is 13.0 Å². The van der Waals surface area contributed by atoms with E-state index >= 15 is 0 Å². The molecule has 0 atom stereocenters. The molecule has 146 valence electrons. The highest BCUT2D eigenvalue weighted by Gasteiger charge is 2.29. The second-order valence-electron chi connectivity index (χ2n) is 7.53. The van der Waals surface area contributed by atoms with Gasteiger partial charge < -0.3 is 14.8 Å². The van der Waals surface area contributed by atoms with Crippen LogP contribution in [0.2, 0.25) is 0 Å². The van der Waals surface area contributed by atoms with Gasteiger partial charge >= 0.3 is 0 Å². The zero-order valence-corrected chi connectivity index (χ0v) is 17.1. The van der Waals surface area contributed by atoms with Crippen molar-refractivity contribution in [3.63, 3.8) is 0 Å². The number of aryl methyl sites for hydroxylation is 2. The van der Waals surface area contributed by atoms with E-state index < -0.39 is 0 Å². The molecule has 5 nitrogen and oxygen atoms in total. The summed E-state index contributed by atoms with van der Waals surface area (Å²) in [5, 5.41) is 5.08. The smallest absolute Gasteiger partial charge is 0.270 e. The topological polar surface area (TPSA) is 54.3 Å². The Kier molecular flexibility index (Phi) is 5.22. The molecular formula is C22H25N3O2S. The number of likely N-dealkylation sites (tertiary alicyclic amines) is 1. The average Bonchev–Trinajstić information content (AvgIpc) is 3.30. The number of nitrogens with zero attached hydrogens (tertiary/aromatic N) is 2. The molecule has 3 heterocycles. The van der Waals surface area contributed by atoms with Gasteiger partial charge in [-0.05, 0) is 42.8 Å². The lowest BCUT2D eigenvalue weighted by molar-refractivity contribution is -0.126. The molecule has 0 radical (unpaired) electrons. The molecule has 0 bridgehead atoms. The van der Waals surface area contributed by atoms with E-state index in [-0.39, 0.29) is 17.7 Å². The van der Waals surface area contributed by atoms with Crippen LogP contribution in [0.5, 0.6) is 0 Å². The standard InChI is InChI=1S/C22H25N3O2S/c1-15-3-5-16(6-4-15)14-23-21(26)17-7-10-25(11-8-17)22(27)19-13-20-18(24(19)2)9-12-28-20/h3-6,9,12-13,17H,7-8,10-11,14H2,1-2H3,(H,23,26). The molecule has 1 fully saturated rings. The predicted octanol–water partition coefficient (Wildman–Crippen LogP) is 3.72. The Hall–Kier alpha value is -2.60. The van der Waals surface area contributed by atoms with E-state index in [4.69, 9.17) is 0 Å². The van der Waals surface area contributed by atoms with E-state index in [9.17, 15) is 9.59 Å². The molecule has 0 aliphatic carbocycles. The van der Waals surface area contributed by atoms with Crippen molar-refractivity contribution >= 4 is 33.4 Å². The van der Waals surface area contributed by atoms with Gasteiger partial charge in [0.05, 0.1) is 10.2 Å². The SMILES string of the molecule is Cc1ccc(CNC(=O)C2CCN(C(=O)c3cc4sccc4n3C)CC2)cc1. The first-order valence-corrected chi connectivity index (χ1v) is 10.6. The number of nitrogens with one attached hydrogen (secondary N) is 1. The summed E-state index contributed by atoms with van der Waals surface area (Å²) in [4.78, 5) is 27.3. The number of aromatic nitrogens is 1. The van der Waals surface area contributed by atoms with Crippen LogP contribution in [0, 0.1) is 12.8 Å². The lowest BCUT2D eigenvalue weighted by Crippen LogP contribution is -2.43. The number of thiophene rings is 1. The van der Waals surface area contributed by atoms with E-state index in [2.05, 4.69) is 24.4 Å². The van der Waals surface area contributed by atoms with Gasteiger partial charge in [0.1, 0.15) is 5.69 Å². The third-order valence-electron chi connectivity index (χ3n) is 5.62. The number of piperidine rings is 1. The van der Waals surface area contributed by atoms with Crippen molar-refractivity contribution in [1.29, 1.82) is 0 Å². The number of benzene rings is 1. The van der Waals surface area contributed by atoms with Crippen molar-refractivity contribution < 1.29 is 9.59 Å². The monoisotopic (exact) mass is 395 g/mol. The molecule has 1 aromatic carbocycles. The first-order valence-electron chi connectivity index (χ1n) is 9.68. The average molecular weight is 396 g/mol. The molecule has 4 rings (SSSR count). The summed E-state index contributed by atoms with van der Waals surface area (Å²) in [5.74, 6) is 0.128. The molecule has 1 aliphatic rings. The Morgan fingerprint density at radius 3 is 2.54 bits per heavy atom. The molecule has 1 N–H and O–H groups in total. The summed E-state index contributed by atoms with van der Waals surface area (Å²) >= 11 is 1.65. The van der Waals surface area contributed by atoms with Crippen LogP contribution in [0.1, 0.15) is 34.5 Å². The normalized spacial score (nSPS) is 15.1. The third kappa shape index (κ3) is 3.69. The summed E-state index contributed by atoms with van der Waals surface area (Å²) in [5.41, 5.74) is 4.14. The summed E-state index contributed by atoms with van der Waals surface area (Å²) in [6.07, 6.45) is 1.43. The van der Waals surface area contributed by atoms with E-state index in [1.165, 1.54) is 5.56 Å². The molecule has 1 saturated heterocycles. The van der Waals surface area contributed by atoms with E-state index in [0.717, 1.165) is 21.5 Å². The zero-order valence-electron chi connectivity index (χ0n) is 16.3. The second kappa shape index (κ2) is 7.80. The van der Waals surface area contributed by atoms with Crippen molar-refractivity contribution in [3.05, 3.63) is 58.6 Å². The summed E-state index contributed by atoms with van der Waals surface area (Å²) in [7, 11) is 1.94. The van der Waals surface area contributed by atoms with Crippen LogP contribution in [0.25, 0.3) is 10.2 Å². The summed E-state index contributed by atoms with van der Waals surface area (Å²) < 4.78 is 3.10. The minimum absolute atomic E-state index is 0.0218. The molecule has 3 aromatic rings. The fraction of sp³-hybridized carbons (Fsp3) is 0.364. The number of amides is 2. The van der Waals surface area contributed by atoms with Gasteiger partial charge in [0.25, 0.3) is 5.91 Å². The number of carbonyl (C=O) groups excluding carboxylic acids is 2. The molecule has 0 saturated carbocycles. The van der Waals surface area contributed by atoms with Crippen LogP contribution in [-0.4, -0.2) is 34.4 Å². The molecule has 2 amide bonds. The lowest BCUT2D eigenvalue weighted by Gasteiger charge is -2.31. The minimum atomic E-state index is -0.0218. The van der Waals surface area contributed by atoms with E-state index in [1.807, 2.05) is 46.2 Å². The Morgan fingerprint density at radius 1 is 1.14 bits per heavy atom. The van der Waals surface area contributed by atoms with Gasteiger partial charge in [-0.3, -0.25) is 9.59 Å². The van der Waals surface area contributed by atoms with Crippen LogP contribution in [0.15, 0.2) is 41.8 Å². The van der Waals surface area contributed by atoms with Crippen molar-refractivity contribution in [3.8, 4) is 0 Å². The Balaban J connectivity index is 1.31. The Labute approximate surface area is 169 Å². The van der Waals surface area contributed by atoms with Crippen LogP contribution in [0.3, 0.4) is 0 Å². The van der Waals surface area contributed by atoms with Crippen LogP contribution >= 0.6 is 11.3 Å². The molecule has 6 heteroatoms. The highest BCUT2D eigenvalue weighted by molar-refractivity contribution is 7.17. The number of hydrogen-bond donors (Lipinski definition) is 1. The molecule has 2 aromatic heterocycles. The van der Waals surface area contributed by atoms with Gasteiger partial charge in [-0.2, -0.15) is 0 Å². The third-order valence-corrected chi connectivity index (χ3v) is 6.48. The quantitative estimate of drug-likeness (QED) is 0.732. The maximum absolute atomic E-state index is 12.9. The first kappa shape index (κ1) is 18.7. The molecule has 0 unspecified atom stereocenters.